The second-order valence-corrected chi connectivity index (χ2v) is 4.68. The van der Waals surface area contributed by atoms with E-state index in [0.29, 0.717) is 0 Å². The monoisotopic (exact) mass is 238 g/mol. The van der Waals surface area contributed by atoms with Crippen molar-refractivity contribution in [3.05, 3.63) is 48.0 Å². The van der Waals surface area contributed by atoms with Crippen molar-refractivity contribution in [3.63, 3.8) is 0 Å². The molecule has 0 aromatic heterocycles. The van der Waals surface area contributed by atoms with Crippen LogP contribution in [0.5, 0.6) is 0 Å². The lowest BCUT2D eigenvalue weighted by Gasteiger charge is -2.06. The van der Waals surface area contributed by atoms with E-state index in [2.05, 4.69) is 4.52 Å². The number of phosphoric acid groups is 1. The summed E-state index contributed by atoms with van der Waals surface area (Å²) in [5.74, 6) is 0. The van der Waals surface area contributed by atoms with Gasteiger partial charge in [0.1, 0.15) is 0 Å². The molecule has 0 radical (unpaired) electrons. The normalized spacial score (nSPS) is 11.9. The van der Waals surface area contributed by atoms with Crippen LogP contribution in [0.3, 0.4) is 0 Å². The van der Waals surface area contributed by atoms with Gasteiger partial charge in [-0.25, -0.2) is 4.57 Å². The van der Waals surface area contributed by atoms with E-state index in [1.165, 1.54) is 0 Å². The lowest BCUT2D eigenvalue weighted by molar-refractivity contribution is 0.189. The van der Waals surface area contributed by atoms with Crippen molar-refractivity contribution < 1.29 is 18.9 Å². The van der Waals surface area contributed by atoms with Gasteiger partial charge in [0.15, 0.2) is 0 Å². The summed E-state index contributed by atoms with van der Waals surface area (Å²) in [6.45, 7) is -0.0882. The van der Waals surface area contributed by atoms with E-state index in [1.807, 2.05) is 36.4 Å². The fourth-order valence-electron chi connectivity index (χ4n) is 1.49. The van der Waals surface area contributed by atoms with Gasteiger partial charge in [0, 0.05) is 0 Å². The minimum atomic E-state index is -4.39. The van der Waals surface area contributed by atoms with Gasteiger partial charge in [-0.15, -0.1) is 0 Å². The highest BCUT2D eigenvalue weighted by atomic mass is 31.2. The number of benzene rings is 2. The van der Waals surface area contributed by atoms with Crippen LogP contribution in [0.2, 0.25) is 0 Å². The number of fused-ring (bicyclic) bond motifs is 1. The molecule has 2 rings (SSSR count). The maximum Gasteiger partial charge on any atom is 0.469 e. The smallest absolute Gasteiger partial charge is 0.303 e. The maximum absolute atomic E-state index is 10.5. The van der Waals surface area contributed by atoms with Gasteiger partial charge >= 0.3 is 7.82 Å². The Labute approximate surface area is 92.7 Å². The Morgan fingerprint density at radius 1 is 1.06 bits per heavy atom. The lowest BCUT2D eigenvalue weighted by Crippen LogP contribution is -1.90. The Kier molecular flexibility index (Phi) is 3.08. The molecule has 2 aromatic carbocycles. The van der Waals surface area contributed by atoms with E-state index in [4.69, 9.17) is 9.79 Å². The number of hydrogen-bond acceptors (Lipinski definition) is 2. The number of phosphoric ester groups is 1. The molecule has 0 atom stereocenters. The van der Waals surface area contributed by atoms with E-state index in [1.54, 1.807) is 6.07 Å². The second kappa shape index (κ2) is 4.36. The van der Waals surface area contributed by atoms with Crippen molar-refractivity contribution in [3.8, 4) is 0 Å². The first-order valence-electron chi connectivity index (χ1n) is 4.72. The predicted molar refractivity (Wildman–Crippen MR) is 60.8 cm³/mol. The van der Waals surface area contributed by atoms with Crippen LogP contribution in [-0.4, -0.2) is 9.79 Å². The Morgan fingerprint density at radius 2 is 1.75 bits per heavy atom. The number of rotatable bonds is 3. The molecule has 0 aliphatic heterocycles. The summed E-state index contributed by atoms with van der Waals surface area (Å²) in [7, 11) is -4.39. The van der Waals surface area contributed by atoms with Crippen LogP contribution in [0.4, 0.5) is 0 Å². The van der Waals surface area contributed by atoms with Gasteiger partial charge in [0.2, 0.25) is 0 Å². The summed E-state index contributed by atoms with van der Waals surface area (Å²) in [5.41, 5.74) is 0.738. The van der Waals surface area contributed by atoms with Crippen LogP contribution in [0.1, 0.15) is 5.56 Å². The first-order chi connectivity index (χ1) is 7.54. The topological polar surface area (TPSA) is 66.8 Å². The van der Waals surface area contributed by atoms with Crippen molar-refractivity contribution in [2.24, 2.45) is 0 Å². The molecule has 0 bridgehead atoms. The average molecular weight is 238 g/mol. The van der Waals surface area contributed by atoms with Crippen LogP contribution in [0.25, 0.3) is 10.8 Å². The van der Waals surface area contributed by atoms with Crippen LogP contribution in [0.15, 0.2) is 42.5 Å². The van der Waals surface area contributed by atoms with Gasteiger partial charge in [0.25, 0.3) is 0 Å². The molecule has 0 spiro atoms. The summed E-state index contributed by atoms with van der Waals surface area (Å²) < 4.78 is 15.0. The van der Waals surface area contributed by atoms with E-state index >= 15 is 0 Å². The molecule has 2 aromatic rings. The zero-order chi connectivity index (χ0) is 11.6. The van der Waals surface area contributed by atoms with E-state index in [-0.39, 0.29) is 6.61 Å². The third-order valence-corrected chi connectivity index (χ3v) is 2.68. The Balaban J connectivity index is 2.23. The molecule has 0 aliphatic rings. The van der Waals surface area contributed by atoms with Crippen molar-refractivity contribution >= 4 is 18.6 Å². The SMILES string of the molecule is O=P(O)(O)OCc1ccc2ccccc2c1. The Morgan fingerprint density at radius 3 is 2.44 bits per heavy atom. The highest BCUT2D eigenvalue weighted by Gasteiger charge is 2.13. The average Bonchev–Trinajstić information content (AvgIpc) is 2.25. The molecule has 16 heavy (non-hydrogen) atoms. The van der Waals surface area contributed by atoms with E-state index in [0.717, 1.165) is 16.3 Å². The lowest BCUT2D eigenvalue weighted by atomic mass is 10.1. The third kappa shape index (κ3) is 2.90. The highest BCUT2D eigenvalue weighted by molar-refractivity contribution is 7.46. The van der Waals surface area contributed by atoms with Gasteiger partial charge < -0.3 is 9.79 Å². The minimum Gasteiger partial charge on any atom is -0.303 e. The Hall–Kier alpha value is -1.19. The molecule has 5 heteroatoms. The fraction of sp³-hybridized carbons (Fsp3) is 0.0909. The largest absolute Gasteiger partial charge is 0.469 e. The summed E-state index contributed by atoms with van der Waals surface area (Å²) in [6, 6.07) is 13.3. The molecule has 4 nitrogen and oxygen atoms in total. The standard InChI is InChI=1S/C11H11O4P/c12-16(13,14)15-8-9-5-6-10-3-1-2-4-11(10)7-9/h1-7H,8H2,(H2,12,13,14). The van der Waals surface area contributed by atoms with Crippen LogP contribution in [-0.2, 0) is 15.7 Å². The molecule has 2 N–H and O–H groups in total. The molecule has 0 saturated heterocycles. The third-order valence-electron chi connectivity index (χ3n) is 2.21. The molecule has 0 aliphatic carbocycles. The van der Waals surface area contributed by atoms with Crippen LogP contribution in [0, 0.1) is 0 Å². The minimum absolute atomic E-state index is 0.0882. The summed E-state index contributed by atoms with van der Waals surface area (Å²) in [6.07, 6.45) is 0. The fourth-order valence-corrected chi connectivity index (χ4v) is 1.80. The maximum atomic E-state index is 10.5. The Bertz CT molecular complexity index is 546. The molecule has 0 fully saturated rings. The second-order valence-electron chi connectivity index (χ2n) is 3.45. The summed E-state index contributed by atoms with van der Waals surface area (Å²) >= 11 is 0. The molecule has 0 amide bonds. The van der Waals surface area contributed by atoms with Crippen molar-refractivity contribution in [2.45, 2.75) is 6.61 Å². The molecule has 0 unspecified atom stereocenters. The van der Waals surface area contributed by atoms with Crippen molar-refractivity contribution in [1.82, 2.24) is 0 Å². The van der Waals surface area contributed by atoms with Gasteiger partial charge in [-0.05, 0) is 22.4 Å². The molecule has 84 valence electrons. The first kappa shape index (κ1) is 11.3. The van der Waals surface area contributed by atoms with Crippen molar-refractivity contribution in [2.75, 3.05) is 0 Å². The molecular weight excluding hydrogens is 227 g/mol. The molecule has 0 heterocycles. The quantitative estimate of drug-likeness (QED) is 0.806. The van der Waals surface area contributed by atoms with E-state index < -0.39 is 7.82 Å². The highest BCUT2D eigenvalue weighted by Crippen LogP contribution is 2.37. The van der Waals surface area contributed by atoms with E-state index in [9.17, 15) is 4.57 Å². The summed E-state index contributed by atoms with van der Waals surface area (Å²) in [4.78, 5) is 17.2. The number of hydrogen-bond donors (Lipinski definition) is 2. The molecular formula is C11H11O4P. The predicted octanol–water partition coefficient (Wildman–Crippen LogP) is 2.45. The molecule has 0 saturated carbocycles. The van der Waals surface area contributed by atoms with Gasteiger partial charge in [-0.2, -0.15) is 0 Å². The van der Waals surface area contributed by atoms with Crippen LogP contribution >= 0.6 is 7.82 Å². The van der Waals surface area contributed by atoms with Crippen molar-refractivity contribution in [1.29, 1.82) is 0 Å². The summed E-state index contributed by atoms with van der Waals surface area (Å²) in [5, 5.41) is 2.11. The first-order valence-corrected chi connectivity index (χ1v) is 6.25. The van der Waals surface area contributed by atoms with Crippen LogP contribution < -0.4 is 0 Å². The van der Waals surface area contributed by atoms with Gasteiger partial charge in [-0.1, -0.05) is 36.4 Å². The zero-order valence-corrected chi connectivity index (χ0v) is 9.30. The van der Waals surface area contributed by atoms with Gasteiger partial charge in [-0.3, -0.25) is 4.52 Å². The zero-order valence-electron chi connectivity index (χ0n) is 8.41. The van der Waals surface area contributed by atoms with Gasteiger partial charge in [0.05, 0.1) is 6.61 Å².